The van der Waals surface area contributed by atoms with Gasteiger partial charge in [0.25, 0.3) is 0 Å². The van der Waals surface area contributed by atoms with Crippen molar-refractivity contribution >= 4 is 22.0 Å². The summed E-state index contributed by atoms with van der Waals surface area (Å²) in [5.74, 6) is 0.217. The average molecular weight is 404 g/mol. The molecule has 1 aromatic heterocycles. The van der Waals surface area contributed by atoms with Gasteiger partial charge >= 0.3 is 0 Å². The van der Waals surface area contributed by atoms with E-state index in [2.05, 4.69) is 9.97 Å². The van der Waals surface area contributed by atoms with Crippen LogP contribution in [0.15, 0.2) is 95.0 Å². The van der Waals surface area contributed by atoms with E-state index in [9.17, 15) is 12.8 Å². The van der Waals surface area contributed by atoms with Crippen LogP contribution in [0, 0.1) is 5.82 Å². The number of nitrogens with one attached hydrogen (secondary N) is 1. The zero-order chi connectivity index (χ0) is 20.3. The first-order chi connectivity index (χ1) is 14.0. The van der Waals surface area contributed by atoms with Crippen LogP contribution in [0.2, 0.25) is 0 Å². The third-order valence-corrected chi connectivity index (χ3v) is 6.29. The minimum absolute atomic E-state index is 0.199. The number of rotatable bonds is 5. The molecule has 0 unspecified atom stereocenters. The number of nitrogens with zero attached hydrogens (tertiary/aromatic N) is 1. The lowest BCUT2D eigenvalue weighted by molar-refractivity contribution is 0.596. The van der Waals surface area contributed by atoms with E-state index in [0.717, 1.165) is 11.1 Å². The van der Waals surface area contributed by atoms with Crippen LogP contribution in [0.1, 0.15) is 11.1 Å². The summed E-state index contributed by atoms with van der Waals surface area (Å²) in [6.07, 6.45) is 6.93. The molecule has 0 atom stereocenters. The van der Waals surface area contributed by atoms with Crippen LogP contribution in [0.3, 0.4) is 0 Å². The largest absolute Gasteiger partial charge is 0.345 e. The molecule has 0 saturated carbocycles. The molecule has 6 heteroatoms. The van der Waals surface area contributed by atoms with E-state index in [4.69, 9.17) is 0 Å². The summed E-state index contributed by atoms with van der Waals surface area (Å²) in [5, 5.41) is 0. The van der Waals surface area contributed by atoms with Crippen molar-refractivity contribution in [3.63, 3.8) is 0 Å². The highest BCUT2D eigenvalue weighted by Crippen LogP contribution is 2.29. The molecule has 0 saturated heterocycles. The number of hydrogen-bond donors (Lipinski definition) is 1. The molecular weight excluding hydrogens is 387 g/mol. The van der Waals surface area contributed by atoms with Crippen molar-refractivity contribution in [1.82, 2.24) is 9.97 Å². The van der Waals surface area contributed by atoms with Gasteiger partial charge in [-0.1, -0.05) is 48.6 Å². The highest BCUT2D eigenvalue weighted by molar-refractivity contribution is 7.91. The van der Waals surface area contributed by atoms with Gasteiger partial charge in [-0.25, -0.2) is 17.8 Å². The number of aromatic nitrogens is 2. The summed E-state index contributed by atoms with van der Waals surface area (Å²) in [5.41, 5.74) is 2.22. The Bertz CT molecular complexity index is 1250. The van der Waals surface area contributed by atoms with Gasteiger partial charge in [0, 0.05) is 18.0 Å². The number of sulfone groups is 1. The maximum absolute atomic E-state index is 13.2. The van der Waals surface area contributed by atoms with Gasteiger partial charge in [0.15, 0.2) is 0 Å². The van der Waals surface area contributed by atoms with Gasteiger partial charge < -0.3 is 4.98 Å². The molecule has 3 aromatic carbocycles. The lowest BCUT2D eigenvalue weighted by atomic mass is 10.1. The van der Waals surface area contributed by atoms with Crippen molar-refractivity contribution in [1.29, 1.82) is 0 Å². The number of imidazole rings is 1. The molecule has 144 valence electrons. The second-order valence-corrected chi connectivity index (χ2v) is 8.31. The Kier molecular flexibility index (Phi) is 5.10. The number of hydrogen-bond acceptors (Lipinski definition) is 3. The Morgan fingerprint density at radius 2 is 1.45 bits per heavy atom. The van der Waals surface area contributed by atoms with Crippen molar-refractivity contribution < 1.29 is 12.8 Å². The number of aromatic amines is 1. The van der Waals surface area contributed by atoms with Crippen LogP contribution in [0.25, 0.3) is 23.5 Å². The summed E-state index contributed by atoms with van der Waals surface area (Å²) in [6, 6.07) is 19.6. The molecule has 0 aliphatic rings. The standard InChI is InChI=1S/C23H17FN2O2S/c24-19-11-7-17(8-12-19)5-6-18-9-13-20(14-10-18)29(27,28)22-4-2-1-3-21(22)23-25-15-16-26-23/h1-16H,(H,25,26). The van der Waals surface area contributed by atoms with Crippen LogP contribution < -0.4 is 0 Å². The quantitative estimate of drug-likeness (QED) is 0.464. The molecule has 4 rings (SSSR count). The van der Waals surface area contributed by atoms with Crippen molar-refractivity contribution in [3.8, 4) is 11.4 Å². The highest BCUT2D eigenvalue weighted by atomic mass is 32.2. The maximum Gasteiger partial charge on any atom is 0.207 e. The Morgan fingerprint density at radius 3 is 2.07 bits per heavy atom. The zero-order valence-electron chi connectivity index (χ0n) is 15.3. The molecule has 0 fully saturated rings. The van der Waals surface area contributed by atoms with E-state index in [1.54, 1.807) is 73.1 Å². The highest BCUT2D eigenvalue weighted by Gasteiger charge is 2.22. The molecule has 0 aliphatic heterocycles. The second-order valence-electron chi connectivity index (χ2n) is 6.39. The molecule has 1 heterocycles. The lowest BCUT2D eigenvalue weighted by Gasteiger charge is -2.09. The molecule has 4 aromatic rings. The van der Waals surface area contributed by atoms with E-state index < -0.39 is 9.84 Å². The monoisotopic (exact) mass is 404 g/mol. The first-order valence-corrected chi connectivity index (χ1v) is 10.4. The van der Waals surface area contributed by atoms with Gasteiger partial charge in [-0.15, -0.1) is 0 Å². The van der Waals surface area contributed by atoms with Crippen LogP contribution in [0.4, 0.5) is 4.39 Å². The van der Waals surface area contributed by atoms with Gasteiger partial charge in [0.1, 0.15) is 11.6 Å². The predicted octanol–water partition coefficient (Wildman–Crippen LogP) is 5.22. The molecular formula is C23H17FN2O2S. The van der Waals surface area contributed by atoms with Crippen LogP contribution in [-0.2, 0) is 9.84 Å². The molecule has 0 amide bonds. The average Bonchev–Trinajstić information content (AvgIpc) is 3.28. The first kappa shape index (κ1) is 18.8. The zero-order valence-corrected chi connectivity index (χ0v) is 16.1. The molecule has 0 aliphatic carbocycles. The maximum atomic E-state index is 13.2. The van der Waals surface area contributed by atoms with Crippen LogP contribution in [0.5, 0.6) is 0 Å². The fraction of sp³-hybridized carbons (Fsp3) is 0. The molecule has 0 bridgehead atoms. The van der Waals surface area contributed by atoms with Crippen molar-refractivity contribution in [2.75, 3.05) is 0 Å². The van der Waals surface area contributed by atoms with Gasteiger partial charge in [-0.05, 0) is 47.5 Å². The molecule has 4 nitrogen and oxygen atoms in total. The van der Waals surface area contributed by atoms with Crippen LogP contribution >= 0.6 is 0 Å². The number of benzene rings is 3. The van der Waals surface area contributed by atoms with E-state index in [1.807, 2.05) is 12.2 Å². The van der Waals surface area contributed by atoms with Gasteiger partial charge in [-0.3, -0.25) is 0 Å². The third kappa shape index (κ3) is 4.02. The molecule has 0 radical (unpaired) electrons. The Balaban J connectivity index is 1.63. The van der Waals surface area contributed by atoms with E-state index >= 15 is 0 Å². The topological polar surface area (TPSA) is 62.8 Å². The van der Waals surface area contributed by atoms with Gasteiger partial charge in [0.2, 0.25) is 9.84 Å². The molecule has 29 heavy (non-hydrogen) atoms. The van der Waals surface area contributed by atoms with Crippen molar-refractivity contribution in [2.24, 2.45) is 0 Å². The third-order valence-electron chi connectivity index (χ3n) is 4.46. The predicted molar refractivity (Wildman–Crippen MR) is 111 cm³/mol. The second kappa shape index (κ2) is 7.85. The van der Waals surface area contributed by atoms with E-state index in [-0.39, 0.29) is 15.6 Å². The number of halogens is 1. The minimum atomic E-state index is -3.71. The normalized spacial score (nSPS) is 11.8. The van der Waals surface area contributed by atoms with Gasteiger partial charge in [0.05, 0.1) is 9.79 Å². The Hall–Kier alpha value is -3.51. The van der Waals surface area contributed by atoms with E-state index in [1.165, 1.54) is 12.1 Å². The smallest absolute Gasteiger partial charge is 0.207 e. The Labute approximate surface area is 168 Å². The first-order valence-electron chi connectivity index (χ1n) is 8.92. The van der Waals surface area contributed by atoms with E-state index in [0.29, 0.717) is 11.4 Å². The van der Waals surface area contributed by atoms with Gasteiger partial charge in [-0.2, -0.15) is 0 Å². The van der Waals surface area contributed by atoms with Crippen LogP contribution in [-0.4, -0.2) is 18.4 Å². The molecule has 1 N–H and O–H groups in total. The Morgan fingerprint density at radius 1 is 0.828 bits per heavy atom. The summed E-state index contributed by atoms with van der Waals surface area (Å²) >= 11 is 0. The molecule has 0 spiro atoms. The summed E-state index contributed by atoms with van der Waals surface area (Å²) in [6.45, 7) is 0. The summed E-state index contributed by atoms with van der Waals surface area (Å²) in [4.78, 5) is 7.53. The number of H-pyrrole nitrogens is 1. The summed E-state index contributed by atoms with van der Waals surface area (Å²) in [7, 11) is -3.71. The fourth-order valence-electron chi connectivity index (χ4n) is 2.96. The minimum Gasteiger partial charge on any atom is -0.345 e. The lowest BCUT2D eigenvalue weighted by Crippen LogP contribution is -2.04. The summed E-state index contributed by atoms with van der Waals surface area (Å²) < 4.78 is 39.3. The fourth-order valence-corrected chi connectivity index (χ4v) is 4.42. The van der Waals surface area contributed by atoms with Crippen molar-refractivity contribution in [2.45, 2.75) is 9.79 Å². The van der Waals surface area contributed by atoms with Crippen molar-refractivity contribution in [3.05, 3.63) is 102 Å². The SMILES string of the molecule is O=S(=O)(c1ccc(C=Cc2ccc(F)cc2)cc1)c1ccccc1-c1ncc[nH]1.